The van der Waals surface area contributed by atoms with Crippen LogP contribution >= 0.6 is 0 Å². The van der Waals surface area contributed by atoms with Gasteiger partial charge in [-0.25, -0.2) is 0 Å². The summed E-state index contributed by atoms with van der Waals surface area (Å²) in [7, 11) is 7.45. The molecule has 0 aliphatic carbocycles. The van der Waals surface area contributed by atoms with E-state index in [1.807, 2.05) is 19.2 Å². The van der Waals surface area contributed by atoms with E-state index in [1.54, 1.807) is 14.2 Å². The zero-order valence-corrected chi connectivity index (χ0v) is 16.7. The molecular weight excluding hydrogens is 328 g/mol. The van der Waals surface area contributed by atoms with Gasteiger partial charge in [0.2, 0.25) is 0 Å². The largest absolute Gasteiger partial charge is 0.497 e. The van der Waals surface area contributed by atoms with Gasteiger partial charge < -0.3 is 24.6 Å². The zero-order valence-electron chi connectivity index (χ0n) is 16.7. The first kappa shape index (κ1) is 20.5. The van der Waals surface area contributed by atoms with Crippen LogP contribution < -0.4 is 10.1 Å². The molecule has 6 heteroatoms. The van der Waals surface area contributed by atoms with Crippen LogP contribution in [0.4, 0.5) is 0 Å². The first-order valence-corrected chi connectivity index (χ1v) is 9.45. The van der Waals surface area contributed by atoms with Crippen molar-refractivity contribution in [2.75, 3.05) is 67.6 Å². The minimum absolute atomic E-state index is 0.555. The van der Waals surface area contributed by atoms with Crippen molar-refractivity contribution in [3.8, 4) is 5.75 Å². The van der Waals surface area contributed by atoms with Crippen molar-refractivity contribution >= 4 is 5.96 Å². The fourth-order valence-corrected chi connectivity index (χ4v) is 3.34. The molecule has 0 aromatic heterocycles. The van der Waals surface area contributed by atoms with E-state index in [4.69, 9.17) is 9.47 Å². The van der Waals surface area contributed by atoms with Crippen molar-refractivity contribution in [1.82, 2.24) is 15.1 Å². The number of ether oxygens (including phenoxy) is 2. The van der Waals surface area contributed by atoms with E-state index in [0.29, 0.717) is 5.92 Å². The summed E-state index contributed by atoms with van der Waals surface area (Å²) >= 11 is 0. The van der Waals surface area contributed by atoms with Crippen LogP contribution in [0.3, 0.4) is 0 Å². The van der Waals surface area contributed by atoms with Crippen molar-refractivity contribution in [2.24, 2.45) is 4.99 Å². The number of nitrogens with zero attached hydrogens (tertiary/aromatic N) is 3. The zero-order chi connectivity index (χ0) is 18.8. The summed E-state index contributed by atoms with van der Waals surface area (Å²) in [4.78, 5) is 9.13. The third kappa shape index (κ3) is 6.18. The molecule has 6 nitrogen and oxygen atoms in total. The molecule has 0 amide bonds. The molecule has 1 aromatic carbocycles. The lowest BCUT2D eigenvalue weighted by Crippen LogP contribution is -2.41. The number of nitrogens with one attached hydrogen (secondary N) is 1. The Morgan fingerprint density at radius 2 is 2.04 bits per heavy atom. The Morgan fingerprint density at radius 3 is 2.69 bits per heavy atom. The predicted molar refractivity (Wildman–Crippen MR) is 107 cm³/mol. The number of likely N-dealkylation sites (N-methyl/N-ethyl adjacent to an activating group) is 1. The topological polar surface area (TPSA) is 49.3 Å². The van der Waals surface area contributed by atoms with Crippen molar-refractivity contribution in [1.29, 1.82) is 0 Å². The fourth-order valence-electron chi connectivity index (χ4n) is 3.34. The van der Waals surface area contributed by atoms with Gasteiger partial charge in [0.15, 0.2) is 5.96 Å². The van der Waals surface area contributed by atoms with Crippen LogP contribution in [-0.4, -0.2) is 83.4 Å². The van der Waals surface area contributed by atoms with E-state index in [0.717, 1.165) is 63.9 Å². The second-order valence-corrected chi connectivity index (χ2v) is 6.83. The first-order valence-electron chi connectivity index (χ1n) is 9.45. The van der Waals surface area contributed by atoms with Gasteiger partial charge in [-0.15, -0.1) is 0 Å². The van der Waals surface area contributed by atoms with Gasteiger partial charge in [-0.05, 0) is 44.1 Å². The molecule has 1 aromatic rings. The molecular formula is C20H34N4O2. The van der Waals surface area contributed by atoms with Crippen LogP contribution in [-0.2, 0) is 4.74 Å². The highest BCUT2D eigenvalue weighted by atomic mass is 16.5. The molecule has 1 aliphatic rings. The molecule has 1 unspecified atom stereocenters. The standard InChI is InChI=1S/C20H34N4O2/c1-21-20(22-11-5-12-23(2)14-15-25-3)24-13-10-18(16-24)17-6-8-19(26-4)9-7-17/h6-9,18H,5,10-16H2,1-4H3,(H,21,22). The molecule has 1 atom stereocenters. The third-order valence-corrected chi connectivity index (χ3v) is 4.96. The minimum atomic E-state index is 0.555. The SMILES string of the molecule is CN=C(NCCCN(C)CCOC)N1CCC(c2ccc(OC)cc2)C1. The molecule has 0 radical (unpaired) electrons. The lowest BCUT2D eigenvalue weighted by Gasteiger charge is -2.22. The summed E-state index contributed by atoms with van der Waals surface area (Å²) < 4.78 is 10.4. The molecule has 1 aliphatic heterocycles. The fraction of sp³-hybridized carbons (Fsp3) is 0.650. The molecule has 2 rings (SSSR count). The summed E-state index contributed by atoms with van der Waals surface area (Å²) in [5, 5.41) is 3.51. The predicted octanol–water partition coefficient (Wildman–Crippen LogP) is 2.03. The Kier molecular flexibility index (Phi) is 8.71. The van der Waals surface area contributed by atoms with E-state index >= 15 is 0 Å². The minimum Gasteiger partial charge on any atom is -0.497 e. The van der Waals surface area contributed by atoms with Crippen molar-refractivity contribution in [3.05, 3.63) is 29.8 Å². The second kappa shape index (κ2) is 11.0. The van der Waals surface area contributed by atoms with Crippen molar-refractivity contribution in [2.45, 2.75) is 18.8 Å². The third-order valence-electron chi connectivity index (χ3n) is 4.96. The molecule has 1 saturated heterocycles. The maximum Gasteiger partial charge on any atom is 0.193 e. The highest BCUT2D eigenvalue weighted by Gasteiger charge is 2.25. The quantitative estimate of drug-likeness (QED) is 0.414. The van der Waals surface area contributed by atoms with Crippen molar-refractivity contribution < 1.29 is 9.47 Å². The van der Waals surface area contributed by atoms with Gasteiger partial charge in [-0.2, -0.15) is 0 Å². The van der Waals surface area contributed by atoms with Crippen LogP contribution in [0, 0.1) is 0 Å². The smallest absolute Gasteiger partial charge is 0.193 e. The van der Waals surface area contributed by atoms with E-state index in [2.05, 4.69) is 39.3 Å². The maximum absolute atomic E-state index is 5.25. The van der Waals surface area contributed by atoms with Crippen LogP contribution in [0.25, 0.3) is 0 Å². The second-order valence-electron chi connectivity index (χ2n) is 6.83. The Labute approximate surface area is 158 Å². The van der Waals surface area contributed by atoms with Gasteiger partial charge in [0.1, 0.15) is 5.75 Å². The number of guanidine groups is 1. The summed E-state index contributed by atoms with van der Waals surface area (Å²) in [6.07, 6.45) is 2.25. The highest BCUT2D eigenvalue weighted by Crippen LogP contribution is 2.28. The van der Waals surface area contributed by atoms with Gasteiger partial charge in [-0.1, -0.05) is 12.1 Å². The van der Waals surface area contributed by atoms with Crippen molar-refractivity contribution in [3.63, 3.8) is 0 Å². The average molecular weight is 363 g/mol. The van der Waals surface area contributed by atoms with Crippen LogP contribution in [0.5, 0.6) is 5.75 Å². The van der Waals surface area contributed by atoms with E-state index in [1.165, 1.54) is 5.56 Å². The number of hydrogen-bond donors (Lipinski definition) is 1. The maximum atomic E-state index is 5.25. The Hall–Kier alpha value is -1.79. The monoisotopic (exact) mass is 362 g/mol. The Bertz CT molecular complexity index is 547. The van der Waals surface area contributed by atoms with Crippen LogP contribution in [0.15, 0.2) is 29.3 Å². The molecule has 0 saturated carbocycles. The van der Waals surface area contributed by atoms with Gasteiger partial charge in [0.05, 0.1) is 13.7 Å². The number of hydrogen-bond acceptors (Lipinski definition) is 4. The van der Waals surface area contributed by atoms with E-state index in [9.17, 15) is 0 Å². The molecule has 0 bridgehead atoms. The number of aliphatic imine (C=N–C) groups is 1. The molecule has 0 spiro atoms. The number of benzene rings is 1. The summed E-state index contributed by atoms with van der Waals surface area (Å²) in [6.45, 7) is 5.81. The highest BCUT2D eigenvalue weighted by molar-refractivity contribution is 5.80. The number of rotatable bonds is 9. The van der Waals surface area contributed by atoms with E-state index < -0.39 is 0 Å². The summed E-state index contributed by atoms with van der Waals surface area (Å²) in [6, 6.07) is 8.45. The normalized spacial score (nSPS) is 17.8. The summed E-state index contributed by atoms with van der Waals surface area (Å²) in [5.41, 5.74) is 1.38. The van der Waals surface area contributed by atoms with Gasteiger partial charge in [0, 0.05) is 46.3 Å². The van der Waals surface area contributed by atoms with E-state index in [-0.39, 0.29) is 0 Å². The molecule has 1 fully saturated rings. The number of likely N-dealkylation sites (tertiary alicyclic amines) is 1. The van der Waals surface area contributed by atoms with Gasteiger partial charge >= 0.3 is 0 Å². The van der Waals surface area contributed by atoms with Crippen LogP contribution in [0.2, 0.25) is 0 Å². The molecule has 146 valence electrons. The van der Waals surface area contributed by atoms with Gasteiger partial charge in [-0.3, -0.25) is 4.99 Å². The molecule has 26 heavy (non-hydrogen) atoms. The number of methoxy groups -OCH3 is 2. The van der Waals surface area contributed by atoms with Crippen LogP contribution in [0.1, 0.15) is 24.3 Å². The average Bonchev–Trinajstić information content (AvgIpc) is 3.16. The lowest BCUT2D eigenvalue weighted by atomic mass is 9.98. The molecule has 1 heterocycles. The Morgan fingerprint density at radius 1 is 1.27 bits per heavy atom. The van der Waals surface area contributed by atoms with Gasteiger partial charge in [0.25, 0.3) is 0 Å². The molecule has 1 N–H and O–H groups in total. The lowest BCUT2D eigenvalue weighted by molar-refractivity contribution is 0.161. The first-order chi connectivity index (χ1) is 12.7. The Balaban J connectivity index is 1.74. The summed E-state index contributed by atoms with van der Waals surface area (Å²) in [5.74, 6) is 2.48.